The van der Waals surface area contributed by atoms with Gasteiger partial charge in [-0.15, -0.1) is 23.1 Å². The van der Waals surface area contributed by atoms with Crippen LogP contribution < -0.4 is 5.32 Å². The van der Waals surface area contributed by atoms with Crippen LogP contribution in [0.25, 0.3) is 21.1 Å². The Labute approximate surface area is 149 Å². The summed E-state index contributed by atoms with van der Waals surface area (Å²) in [5.74, 6) is 0. The molecule has 2 aromatic heterocycles. The number of thioether (sulfide) groups is 1. The third-order valence-electron chi connectivity index (χ3n) is 4.13. The van der Waals surface area contributed by atoms with Crippen molar-refractivity contribution in [3.05, 3.63) is 53.7 Å². The fourth-order valence-electron chi connectivity index (χ4n) is 2.88. The number of pyridine rings is 1. The van der Waals surface area contributed by atoms with Crippen LogP contribution in [-0.2, 0) is 6.42 Å². The Morgan fingerprint density at radius 2 is 2.00 bits per heavy atom. The molecule has 0 saturated carbocycles. The molecule has 0 bridgehead atoms. The summed E-state index contributed by atoms with van der Waals surface area (Å²) in [4.78, 5) is 10.3. The van der Waals surface area contributed by atoms with E-state index in [1.54, 1.807) is 23.1 Å². The molecule has 0 spiro atoms. The van der Waals surface area contributed by atoms with E-state index in [0.717, 1.165) is 34.2 Å². The Bertz CT molecular complexity index is 1020. The molecule has 4 rings (SSSR count). The summed E-state index contributed by atoms with van der Waals surface area (Å²) in [5.41, 5.74) is 7.42. The number of rotatable bonds is 4. The summed E-state index contributed by atoms with van der Waals surface area (Å²) in [6.07, 6.45) is 5.01. The summed E-state index contributed by atoms with van der Waals surface area (Å²) >= 11 is 3.45. The average Bonchev–Trinajstić information content (AvgIpc) is 3.08. The molecule has 3 nitrogen and oxygen atoms in total. The molecule has 2 aromatic carbocycles. The van der Waals surface area contributed by atoms with E-state index in [9.17, 15) is 0 Å². The lowest BCUT2D eigenvalue weighted by atomic mass is 10.1. The number of aromatic nitrogens is 2. The monoisotopic (exact) mass is 351 g/mol. The standard InChI is InChI=1S/C19H17N3S2/c1-3-12-8-16-14(10-19(12)23-2)15(6-7-20-16)22-13-4-5-18-17(9-13)21-11-24-18/h4-11H,3H2,1-2H3,(H,20,22). The molecule has 0 aliphatic carbocycles. The second-order valence-corrected chi connectivity index (χ2v) is 7.29. The number of hydrogen-bond acceptors (Lipinski definition) is 5. The zero-order valence-electron chi connectivity index (χ0n) is 13.5. The van der Waals surface area contributed by atoms with Gasteiger partial charge < -0.3 is 5.32 Å². The molecular formula is C19H17N3S2. The van der Waals surface area contributed by atoms with Gasteiger partial charge in [0.05, 0.1) is 21.2 Å². The lowest BCUT2D eigenvalue weighted by molar-refractivity contribution is 1.09. The number of nitrogens with zero attached hydrogens (tertiary/aromatic N) is 2. The third kappa shape index (κ3) is 2.74. The first-order chi connectivity index (χ1) is 11.8. The van der Waals surface area contributed by atoms with Gasteiger partial charge >= 0.3 is 0 Å². The van der Waals surface area contributed by atoms with Crippen LogP contribution >= 0.6 is 23.1 Å². The number of anilines is 2. The molecule has 4 aromatic rings. The lowest BCUT2D eigenvalue weighted by Gasteiger charge is -2.12. The molecule has 0 aliphatic heterocycles. The van der Waals surface area contributed by atoms with Crippen LogP contribution in [0.4, 0.5) is 11.4 Å². The molecular weight excluding hydrogens is 334 g/mol. The van der Waals surface area contributed by atoms with Crippen LogP contribution in [0.15, 0.2) is 53.0 Å². The Balaban J connectivity index is 1.80. The normalized spacial score (nSPS) is 11.2. The quantitative estimate of drug-likeness (QED) is 0.466. The summed E-state index contributed by atoms with van der Waals surface area (Å²) in [5, 5.41) is 4.68. The van der Waals surface area contributed by atoms with Gasteiger partial charge in [-0.1, -0.05) is 6.92 Å². The Morgan fingerprint density at radius 1 is 1.08 bits per heavy atom. The highest BCUT2D eigenvalue weighted by molar-refractivity contribution is 7.98. The number of aryl methyl sites for hydroxylation is 1. The maximum Gasteiger partial charge on any atom is 0.0832 e. The Hall–Kier alpha value is -2.11. The molecule has 5 heteroatoms. The van der Waals surface area contributed by atoms with E-state index >= 15 is 0 Å². The van der Waals surface area contributed by atoms with Gasteiger partial charge in [0.25, 0.3) is 0 Å². The van der Waals surface area contributed by atoms with Crippen molar-refractivity contribution in [3.63, 3.8) is 0 Å². The van der Waals surface area contributed by atoms with E-state index in [1.165, 1.54) is 15.2 Å². The van der Waals surface area contributed by atoms with Gasteiger partial charge in [-0.25, -0.2) is 4.98 Å². The zero-order valence-corrected chi connectivity index (χ0v) is 15.2. The van der Waals surface area contributed by atoms with Gasteiger partial charge in [-0.3, -0.25) is 4.98 Å². The van der Waals surface area contributed by atoms with Gasteiger partial charge in [0.15, 0.2) is 0 Å². The van der Waals surface area contributed by atoms with E-state index in [-0.39, 0.29) is 0 Å². The molecule has 0 aliphatic rings. The minimum Gasteiger partial charge on any atom is -0.355 e. The van der Waals surface area contributed by atoms with E-state index in [0.29, 0.717) is 0 Å². The lowest BCUT2D eigenvalue weighted by Crippen LogP contribution is -1.94. The van der Waals surface area contributed by atoms with Crippen molar-refractivity contribution in [2.45, 2.75) is 18.2 Å². The summed E-state index contributed by atoms with van der Waals surface area (Å²) in [6.45, 7) is 2.19. The average molecular weight is 352 g/mol. The first-order valence-corrected chi connectivity index (χ1v) is 9.95. The summed E-state index contributed by atoms with van der Waals surface area (Å²) in [7, 11) is 0. The van der Waals surface area contributed by atoms with Crippen molar-refractivity contribution in [2.24, 2.45) is 0 Å². The zero-order chi connectivity index (χ0) is 16.5. The summed E-state index contributed by atoms with van der Waals surface area (Å²) < 4.78 is 1.21. The van der Waals surface area contributed by atoms with Gasteiger partial charge in [0.1, 0.15) is 0 Å². The van der Waals surface area contributed by atoms with Crippen LogP contribution in [0.2, 0.25) is 0 Å². The van der Waals surface area contributed by atoms with Crippen molar-refractivity contribution >= 4 is 55.6 Å². The minimum absolute atomic E-state index is 1.02. The number of benzene rings is 2. The van der Waals surface area contributed by atoms with Crippen LogP contribution in [0, 0.1) is 0 Å². The summed E-state index contributed by atoms with van der Waals surface area (Å²) in [6, 6.07) is 12.8. The fraction of sp³-hybridized carbons (Fsp3) is 0.158. The third-order valence-corrected chi connectivity index (χ3v) is 5.76. The molecule has 2 heterocycles. The molecule has 0 unspecified atom stereocenters. The highest BCUT2D eigenvalue weighted by atomic mass is 32.2. The smallest absolute Gasteiger partial charge is 0.0832 e. The highest BCUT2D eigenvalue weighted by Gasteiger charge is 2.08. The van der Waals surface area contributed by atoms with Gasteiger partial charge in [-0.2, -0.15) is 0 Å². The molecule has 1 N–H and O–H groups in total. The fourth-order valence-corrected chi connectivity index (χ4v) is 4.24. The molecule has 0 saturated heterocycles. The molecule has 0 fully saturated rings. The van der Waals surface area contributed by atoms with Gasteiger partial charge in [0.2, 0.25) is 0 Å². The molecule has 120 valence electrons. The SMILES string of the molecule is CCc1cc2nccc(Nc3ccc4scnc4c3)c2cc1SC. The molecule has 0 amide bonds. The van der Waals surface area contributed by atoms with Crippen LogP contribution in [0.1, 0.15) is 12.5 Å². The maximum atomic E-state index is 4.55. The van der Waals surface area contributed by atoms with E-state index in [4.69, 9.17) is 0 Å². The molecule has 24 heavy (non-hydrogen) atoms. The Morgan fingerprint density at radius 3 is 2.83 bits per heavy atom. The van der Waals surface area contributed by atoms with E-state index < -0.39 is 0 Å². The number of fused-ring (bicyclic) bond motifs is 2. The highest BCUT2D eigenvalue weighted by Crippen LogP contribution is 2.32. The van der Waals surface area contributed by atoms with Crippen LogP contribution in [0.3, 0.4) is 0 Å². The van der Waals surface area contributed by atoms with Crippen LogP contribution in [-0.4, -0.2) is 16.2 Å². The predicted octanol–water partition coefficient (Wildman–Crippen LogP) is 5.87. The number of thiazole rings is 1. The molecule has 0 radical (unpaired) electrons. The van der Waals surface area contributed by atoms with E-state index in [1.807, 2.05) is 17.8 Å². The van der Waals surface area contributed by atoms with Crippen molar-refractivity contribution in [1.29, 1.82) is 0 Å². The van der Waals surface area contributed by atoms with Crippen LogP contribution in [0.5, 0.6) is 0 Å². The van der Waals surface area contributed by atoms with Crippen molar-refractivity contribution < 1.29 is 0 Å². The van der Waals surface area contributed by atoms with Gasteiger partial charge in [0, 0.05) is 27.9 Å². The van der Waals surface area contributed by atoms with Gasteiger partial charge in [-0.05, 0) is 54.6 Å². The molecule has 0 atom stereocenters. The predicted molar refractivity (Wildman–Crippen MR) is 106 cm³/mol. The largest absolute Gasteiger partial charge is 0.355 e. The second-order valence-electron chi connectivity index (χ2n) is 5.55. The maximum absolute atomic E-state index is 4.55. The van der Waals surface area contributed by atoms with Crippen molar-refractivity contribution in [1.82, 2.24) is 9.97 Å². The topological polar surface area (TPSA) is 37.8 Å². The van der Waals surface area contributed by atoms with Crippen molar-refractivity contribution in [3.8, 4) is 0 Å². The number of hydrogen-bond donors (Lipinski definition) is 1. The first kappa shape index (κ1) is 15.4. The Kier molecular flexibility index (Phi) is 4.12. The minimum atomic E-state index is 1.02. The van der Waals surface area contributed by atoms with E-state index in [2.05, 4.69) is 58.8 Å². The number of nitrogens with one attached hydrogen (secondary N) is 1. The van der Waals surface area contributed by atoms with Crippen molar-refractivity contribution in [2.75, 3.05) is 11.6 Å². The first-order valence-electron chi connectivity index (χ1n) is 7.84. The second kappa shape index (κ2) is 6.42.